The van der Waals surface area contributed by atoms with E-state index < -0.39 is 27.9 Å². The molecule has 3 N–H and O–H groups in total. The first-order chi connectivity index (χ1) is 10.1. The molecular formula is C13H21N3O5S. The molecule has 1 amide bonds. The standard InChI is InChI=1S/C13H21N3O5S/c1-8(2)5-10(13(18)19)15-22(20,21)9-6-11(12(17)14-3)16(4)7-9/h6-8,10,15H,5H2,1-4H3,(H,14,17)(H,18,19)/t10-/m0/s1. The minimum atomic E-state index is -4.03. The van der Waals surface area contributed by atoms with Crippen molar-refractivity contribution in [3.8, 4) is 0 Å². The van der Waals surface area contributed by atoms with Crippen LogP contribution in [0, 0.1) is 5.92 Å². The highest BCUT2D eigenvalue weighted by Crippen LogP contribution is 2.15. The number of carboxylic acids is 1. The molecule has 0 aliphatic carbocycles. The van der Waals surface area contributed by atoms with Gasteiger partial charge in [0.15, 0.2) is 0 Å². The number of amides is 1. The van der Waals surface area contributed by atoms with Gasteiger partial charge in [-0.25, -0.2) is 8.42 Å². The third kappa shape index (κ3) is 4.31. The number of nitrogens with one attached hydrogen (secondary N) is 2. The summed E-state index contributed by atoms with van der Waals surface area (Å²) in [5.41, 5.74) is 0.165. The second-order valence-corrected chi connectivity index (χ2v) is 7.11. The predicted molar refractivity (Wildman–Crippen MR) is 80.0 cm³/mol. The van der Waals surface area contributed by atoms with Gasteiger partial charge in [-0.05, 0) is 18.4 Å². The van der Waals surface area contributed by atoms with Crippen molar-refractivity contribution in [2.75, 3.05) is 7.05 Å². The van der Waals surface area contributed by atoms with Gasteiger partial charge in [0.2, 0.25) is 10.0 Å². The number of rotatable bonds is 7. The summed E-state index contributed by atoms with van der Waals surface area (Å²) in [6, 6.07) is -0.0104. The van der Waals surface area contributed by atoms with Gasteiger partial charge in [0.25, 0.3) is 5.91 Å². The molecule has 0 saturated carbocycles. The third-order valence-corrected chi connectivity index (χ3v) is 4.49. The topological polar surface area (TPSA) is 118 Å². The Morgan fingerprint density at radius 2 is 1.95 bits per heavy atom. The quantitative estimate of drug-likeness (QED) is 0.658. The molecule has 9 heteroatoms. The SMILES string of the molecule is CNC(=O)c1cc(S(=O)(=O)N[C@@H](CC(C)C)C(=O)O)cn1C. The summed E-state index contributed by atoms with van der Waals surface area (Å²) in [6.07, 6.45) is 1.44. The summed E-state index contributed by atoms with van der Waals surface area (Å²) in [5, 5.41) is 11.5. The van der Waals surface area contributed by atoms with Gasteiger partial charge in [-0.1, -0.05) is 13.8 Å². The van der Waals surface area contributed by atoms with Crippen LogP contribution in [0.25, 0.3) is 0 Å². The van der Waals surface area contributed by atoms with Crippen LogP contribution in [0.15, 0.2) is 17.2 Å². The minimum Gasteiger partial charge on any atom is -0.480 e. The maximum atomic E-state index is 12.3. The number of aryl methyl sites for hydroxylation is 1. The zero-order valence-corrected chi connectivity index (χ0v) is 13.8. The number of carboxylic acid groups (broad SMARTS) is 1. The van der Waals surface area contributed by atoms with Crippen LogP contribution >= 0.6 is 0 Å². The fourth-order valence-electron chi connectivity index (χ4n) is 1.96. The Kier molecular flexibility index (Phi) is 5.72. The van der Waals surface area contributed by atoms with Gasteiger partial charge in [-0.15, -0.1) is 0 Å². The van der Waals surface area contributed by atoms with Gasteiger partial charge in [0.1, 0.15) is 16.6 Å². The Morgan fingerprint density at radius 3 is 2.41 bits per heavy atom. The van der Waals surface area contributed by atoms with Crippen molar-refractivity contribution in [1.29, 1.82) is 0 Å². The fraction of sp³-hybridized carbons (Fsp3) is 0.538. The van der Waals surface area contributed by atoms with E-state index >= 15 is 0 Å². The monoisotopic (exact) mass is 331 g/mol. The van der Waals surface area contributed by atoms with Gasteiger partial charge in [-0.3, -0.25) is 9.59 Å². The van der Waals surface area contributed by atoms with Gasteiger partial charge < -0.3 is 15.0 Å². The van der Waals surface area contributed by atoms with Crippen LogP contribution in [0.3, 0.4) is 0 Å². The average molecular weight is 331 g/mol. The molecule has 0 aliphatic rings. The van der Waals surface area contributed by atoms with Crippen molar-refractivity contribution < 1.29 is 23.1 Å². The lowest BCUT2D eigenvalue weighted by molar-refractivity contribution is -0.139. The molecule has 0 saturated heterocycles. The van der Waals surface area contributed by atoms with Crippen molar-refractivity contribution in [3.05, 3.63) is 18.0 Å². The highest BCUT2D eigenvalue weighted by Gasteiger charge is 2.27. The molecule has 0 aliphatic heterocycles. The van der Waals surface area contributed by atoms with E-state index in [0.29, 0.717) is 0 Å². The zero-order valence-electron chi connectivity index (χ0n) is 13.0. The molecule has 1 rings (SSSR count). The summed E-state index contributed by atoms with van der Waals surface area (Å²) >= 11 is 0. The lowest BCUT2D eigenvalue weighted by Crippen LogP contribution is -2.41. The van der Waals surface area contributed by atoms with Crippen LogP contribution in [0.1, 0.15) is 30.8 Å². The smallest absolute Gasteiger partial charge is 0.321 e. The number of nitrogens with zero attached hydrogens (tertiary/aromatic N) is 1. The second kappa shape index (κ2) is 6.93. The molecule has 8 nitrogen and oxygen atoms in total. The Balaban J connectivity index is 3.08. The van der Waals surface area contributed by atoms with Gasteiger partial charge in [-0.2, -0.15) is 4.72 Å². The fourth-order valence-corrected chi connectivity index (χ4v) is 3.23. The predicted octanol–water partition coefficient (Wildman–Crippen LogP) is 0.162. The van der Waals surface area contributed by atoms with E-state index in [1.807, 2.05) is 0 Å². The molecule has 124 valence electrons. The maximum absolute atomic E-state index is 12.3. The number of aromatic nitrogens is 1. The van der Waals surface area contributed by atoms with E-state index in [9.17, 15) is 18.0 Å². The van der Waals surface area contributed by atoms with Crippen LogP contribution in [0.4, 0.5) is 0 Å². The van der Waals surface area contributed by atoms with E-state index in [1.165, 1.54) is 30.9 Å². The van der Waals surface area contributed by atoms with Gasteiger partial charge in [0, 0.05) is 20.3 Å². The number of carbonyl (C=O) groups excluding carboxylic acids is 1. The molecule has 22 heavy (non-hydrogen) atoms. The minimum absolute atomic E-state index is 0.0148. The van der Waals surface area contributed by atoms with E-state index in [2.05, 4.69) is 10.0 Å². The molecule has 0 unspecified atom stereocenters. The van der Waals surface area contributed by atoms with E-state index in [4.69, 9.17) is 5.11 Å². The Hall–Kier alpha value is -1.87. The van der Waals surface area contributed by atoms with Gasteiger partial charge in [0.05, 0.1) is 0 Å². The van der Waals surface area contributed by atoms with Crippen molar-refractivity contribution >= 4 is 21.9 Å². The largest absolute Gasteiger partial charge is 0.480 e. The summed E-state index contributed by atoms with van der Waals surface area (Å²) in [6.45, 7) is 3.60. The van der Waals surface area contributed by atoms with Crippen LogP contribution < -0.4 is 10.0 Å². The second-order valence-electron chi connectivity index (χ2n) is 5.39. The summed E-state index contributed by atoms with van der Waals surface area (Å²) in [5.74, 6) is -1.65. The van der Waals surface area contributed by atoms with E-state index in [-0.39, 0.29) is 22.9 Å². The summed E-state index contributed by atoms with van der Waals surface area (Å²) in [4.78, 5) is 22.6. The highest BCUT2D eigenvalue weighted by atomic mass is 32.2. The maximum Gasteiger partial charge on any atom is 0.321 e. The Labute approximate surface area is 129 Å². The van der Waals surface area contributed by atoms with Crippen LogP contribution in [0.5, 0.6) is 0 Å². The van der Waals surface area contributed by atoms with Crippen molar-refractivity contribution in [3.63, 3.8) is 0 Å². The highest BCUT2D eigenvalue weighted by molar-refractivity contribution is 7.89. The van der Waals surface area contributed by atoms with Crippen molar-refractivity contribution in [1.82, 2.24) is 14.6 Å². The number of sulfonamides is 1. The first-order valence-electron chi connectivity index (χ1n) is 6.72. The number of hydrogen-bond donors (Lipinski definition) is 3. The number of carbonyl (C=O) groups is 2. The molecule has 1 aromatic rings. The Bertz CT molecular complexity index is 663. The molecule has 0 spiro atoms. The van der Waals surface area contributed by atoms with E-state index in [1.54, 1.807) is 13.8 Å². The molecule has 0 aromatic carbocycles. The zero-order chi connectivity index (χ0) is 17.1. The molecule has 0 fully saturated rings. The lowest BCUT2D eigenvalue weighted by atomic mass is 10.1. The number of aliphatic carboxylic acids is 1. The van der Waals surface area contributed by atoms with Gasteiger partial charge >= 0.3 is 5.97 Å². The van der Waals surface area contributed by atoms with Crippen molar-refractivity contribution in [2.45, 2.75) is 31.2 Å². The molecule has 0 bridgehead atoms. The molecule has 0 radical (unpaired) electrons. The first-order valence-corrected chi connectivity index (χ1v) is 8.20. The van der Waals surface area contributed by atoms with Crippen LogP contribution in [0.2, 0.25) is 0 Å². The normalized spacial score (nSPS) is 13.1. The molecule has 1 heterocycles. The van der Waals surface area contributed by atoms with Crippen molar-refractivity contribution in [2.24, 2.45) is 13.0 Å². The summed E-state index contributed by atoms with van der Waals surface area (Å²) in [7, 11) is -1.06. The number of hydrogen-bond acceptors (Lipinski definition) is 4. The molecular weight excluding hydrogens is 310 g/mol. The third-order valence-electron chi connectivity index (χ3n) is 3.05. The average Bonchev–Trinajstić information content (AvgIpc) is 2.79. The first kappa shape index (κ1) is 18.2. The van der Waals surface area contributed by atoms with Crippen LogP contribution in [-0.4, -0.2) is 43.1 Å². The molecule has 1 aromatic heterocycles. The van der Waals surface area contributed by atoms with Crippen LogP contribution in [-0.2, 0) is 21.9 Å². The Morgan fingerprint density at radius 1 is 1.36 bits per heavy atom. The van der Waals surface area contributed by atoms with E-state index in [0.717, 1.165) is 0 Å². The molecule has 1 atom stereocenters. The lowest BCUT2D eigenvalue weighted by Gasteiger charge is -2.15. The summed E-state index contributed by atoms with van der Waals surface area (Å²) < 4.78 is 28.1.